The lowest BCUT2D eigenvalue weighted by atomic mass is 9.65. The molecule has 2 aromatic rings. The van der Waals surface area contributed by atoms with Gasteiger partial charge in [0, 0.05) is 12.2 Å². The van der Waals surface area contributed by atoms with Gasteiger partial charge in [0.15, 0.2) is 0 Å². The van der Waals surface area contributed by atoms with Crippen molar-refractivity contribution in [3.05, 3.63) is 60.2 Å². The minimum absolute atomic E-state index is 0.0712. The number of hydrogen-bond donors (Lipinski definition) is 3. The number of nitrogens with zero attached hydrogens (tertiary/aromatic N) is 1. The first-order valence-corrected chi connectivity index (χ1v) is 14.6. The fourth-order valence-corrected chi connectivity index (χ4v) is 7.31. The zero-order valence-corrected chi connectivity index (χ0v) is 24.3. The van der Waals surface area contributed by atoms with E-state index in [0.717, 1.165) is 5.56 Å². The zero-order valence-electron chi connectivity index (χ0n) is 24.3. The predicted molar refractivity (Wildman–Crippen MR) is 154 cm³/mol. The number of fused-ring (bicyclic) bond motifs is 1. The van der Waals surface area contributed by atoms with Crippen LogP contribution in [0.2, 0.25) is 0 Å². The Bertz CT molecular complexity index is 1270. The molecule has 9 nitrogen and oxygen atoms in total. The second-order valence-corrected chi connectivity index (χ2v) is 11.6. The number of carbonyl (C=O) groups is 3. The number of benzene rings is 2. The molecule has 3 heterocycles. The van der Waals surface area contributed by atoms with Crippen molar-refractivity contribution in [2.24, 2.45) is 17.8 Å². The van der Waals surface area contributed by atoms with E-state index in [2.05, 4.69) is 10.6 Å². The van der Waals surface area contributed by atoms with Gasteiger partial charge in [-0.05, 0) is 55.0 Å². The molecule has 2 bridgehead atoms. The molecule has 3 N–H and O–H groups in total. The zero-order chi connectivity index (χ0) is 29.4. The first-order chi connectivity index (χ1) is 19.7. The van der Waals surface area contributed by atoms with Crippen LogP contribution >= 0.6 is 0 Å². The smallest absolute Gasteiger partial charge is 0.250 e. The second-order valence-electron chi connectivity index (χ2n) is 11.6. The maximum absolute atomic E-state index is 14.4. The quantitative estimate of drug-likeness (QED) is 0.385. The molecule has 9 heteroatoms. The molecule has 0 aliphatic carbocycles. The number of hydrogen-bond acceptors (Lipinski definition) is 6. The van der Waals surface area contributed by atoms with E-state index in [1.807, 2.05) is 51.1 Å². The number of nitrogens with one attached hydrogen (secondary N) is 2. The molecule has 2 unspecified atom stereocenters. The molecule has 2 aromatic carbocycles. The number of anilines is 1. The maximum atomic E-state index is 14.4. The van der Waals surface area contributed by atoms with E-state index in [-0.39, 0.29) is 30.2 Å². The van der Waals surface area contributed by atoms with Gasteiger partial charge in [0.25, 0.3) is 0 Å². The standard InChI is InChI=1S/C32H41N3O6/c1-5-20(3)24(19-36)35-27(29(38)34-22-12-14-23(40-4)15-13-22)32-17-16-31(6-2,41-32)25(26(32)30(35)39)28(37)33-18-21-10-8-7-9-11-21/h7-15,20,24-27,36H,5-6,16-19H2,1-4H3,(H,33,37)(H,34,38)/t20-,24-,25+,26-,27?,31-,32?/m0/s1. The van der Waals surface area contributed by atoms with Crippen molar-refractivity contribution >= 4 is 23.4 Å². The number of aliphatic hydroxyl groups excluding tert-OH is 1. The summed E-state index contributed by atoms with van der Waals surface area (Å²) in [6.45, 7) is 5.98. The van der Waals surface area contributed by atoms with E-state index in [4.69, 9.17) is 9.47 Å². The van der Waals surface area contributed by atoms with Crippen molar-refractivity contribution in [2.75, 3.05) is 19.0 Å². The lowest BCUT2D eigenvalue weighted by Crippen LogP contribution is -2.57. The van der Waals surface area contributed by atoms with Crippen molar-refractivity contribution in [1.82, 2.24) is 10.2 Å². The van der Waals surface area contributed by atoms with E-state index in [1.165, 1.54) is 0 Å². The van der Waals surface area contributed by atoms with Crippen LogP contribution in [0.25, 0.3) is 0 Å². The van der Waals surface area contributed by atoms with Gasteiger partial charge in [0.1, 0.15) is 17.4 Å². The third kappa shape index (κ3) is 4.78. The minimum Gasteiger partial charge on any atom is -0.497 e. The van der Waals surface area contributed by atoms with Crippen molar-refractivity contribution in [2.45, 2.75) is 76.3 Å². The van der Waals surface area contributed by atoms with Gasteiger partial charge in [-0.2, -0.15) is 0 Å². The molecule has 0 radical (unpaired) electrons. The molecule has 3 aliphatic heterocycles. The van der Waals surface area contributed by atoms with E-state index in [0.29, 0.717) is 43.7 Å². The van der Waals surface area contributed by atoms with Crippen molar-refractivity contribution < 1.29 is 29.0 Å². The van der Waals surface area contributed by atoms with E-state index in [9.17, 15) is 19.5 Å². The van der Waals surface area contributed by atoms with Crippen molar-refractivity contribution in [3.8, 4) is 5.75 Å². The van der Waals surface area contributed by atoms with E-state index in [1.54, 1.807) is 36.3 Å². The molecule has 220 valence electrons. The summed E-state index contributed by atoms with van der Waals surface area (Å²) in [5, 5.41) is 16.5. The molecule has 0 aromatic heterocycles. The van der Waals surface area contributed by atoms with Gasteiger partial charge in [-0.25, -0.2) is 0 Å². The molecule has 41 heavy (non-hydrogen) atoms. The Labute approximate surface area is 241 Å². The third-order valence-electron chi connectivity index (χ3n) is 9.66. The maximum Gasteiger partial charge on any atom is 0.250 e. The predicted octanol–water partition coefficient (Wildman–Crippen LogP) is 3.51. The highest BCUT2D eigenvalue weighted by molar-refractivity contribution is 6.04. The van der Waals surface area contributed by atoms with Crippen molar-refractivity contribution in [3.63, 3.8) is 0 Å². The van der Waals surface area contributed by atoms with Crippen LogP contribution in [0, 0.1) is 17.8 Å². The Morgan fingerprint density at radius 1 is 1.10 bits per heavy atom. The molecule has 7 atom stereocenters. The fourth-order valence-electron chi connectivity index (χ4n) is 7.31. The summed E-state index contributed by atoms with van der Waals surface area (Å²) in [5.41, 5.74) is -0.489. The Kier molecular flexibility index (Phi) is 8.12. The largest absolute Gasteiger partial charge is 0.497 e. The van der Waals surface area contributed by atoms with Gasteiger partial charge in [-0.3, -0.25) is 14.4 Å². The summed E-state index contributed by atoms with van der Waals surface area (Å²) in [6, 6.07) is 15.0. The molecule has 3 amide bonds. The molecule has 3 fully saturated rings. The molecule has 3 saturated heterocycles. The average molecular weight is 564 g/mol. The normalized spacial score (nSPS) is 29.6. The van der Waals surface area contributed by atoms with Gasteiger partial charge in [-0.1, -0.05) is 57.5 Å². The highest BCUT2D eigenvalue weighted by Crippen LogP contribution is 2.64. The van der Waals surface area contributed by atoms with Gasteiger partial charge in [-0.15, -0.1) is 0 Å². The third-order valence-corrected chi connectivity index (χ3v) is 9.66. The Balaban J connectivity index is 1.52. The number of carbonyl (C=O) groups excluding carboxylic acids is 3. The molecular weight excluding hydrogens is 522 g/mol. The first kappa shape index (κ1) is 29.1. The highest BCUT2D eigenvalue weighted by Gasteiger charge is 2.79. The molecule has 0 saturated carbocycles. The first-order valence-electron chi connectivity index (χ1n) is 14.6. The summed E-state index contributed by atoms with van der Waals surface area (Å²) >= 11 is 0. The van der Waals surface area contributed by atoms with E-state index < -0.39 is 35.1 Å². The van der Waals surface area contributed by atoms with Crippen LogP contribution in [-0.4, -0.2) is 64.7 Å². The number of amides is 3. The van der Waals surface area contributed by atoms with Gasteiger partial charge < -0.3 is 30.1 Å². The van der Waals surface area contributed by atoms with Crippen LogP contribution < -0.4 is 15.4 Å². The molecule has 1 spiro atoms. The van der Waals surface area contributed by atoms with Crippen LogP contribution in [-0.2, 0) is 25.7 Å². The lowest BCUT2D eigenvalue weighted by molar-refractivity contribution is -0.150. The highest BCUT2D eigenvalue weighted by atomic mass is 16.5. The summed E-state index contributed by atoms with van der Waals surface area (Å²) in [5.74, 6) is -1.90. The minimum atomic E-state index is -1.17. The number of methoxy groups -OCH3 is 1. The fraction of sp³-hybridized carbons (Fsp3) is 0.531. The van der Waals surface area contributed by atoms with Gasteiger partial charge in [0.05, 0.1) is 37.2 Å². The second kappa shape index (κ2) is 11.4. The Morgan fingerprint density at radius 2 is 1.80 bits per heavy atom. The average Bonchev–Trinajstić information content (AvgIpc) is 3.61. The molecule has 5 rings (SSSR count). The number of likely N-dealkylation sites (tertiary alicyclic amines) is 1. The summed E-state index contributed by atoms with van der Waals surface area (Å²) in [4.78, 5) is 44.1. The number of rotatable bonds is 11. The van der Waals surface area contributed by atoms with Crippen LogP contribution in [0.5, 0.6) is 5.75 Å². The lowest BCUT2D eigenvalue weighted by Gasteiger charge is -2.39. The number of ether oxygens (including phenoxy) is 2. The molecule has 3 aliphatic rings. The topological polar surface area (TPSA) is 117 Å². The van der Waals surface area contributed by atoms with Crippen LogP contribution in [0.1, 0.15) is 52.0 Å². The Morgan fingerprint density at radius 3 is 2.41 bits per heavy atom. The summed E-state index contributed by atoms with van der Waals surface area (Å²) in [7, 11) is 1.57. The molecular formula is C32H41N3O6. The van der Waals surface area contributed by atoms with Crippen LogP contribution in [0.4, 0.5) is 5.69 Å². The van der Waals surface area contributed by atoms with E-state index >= 15 is 0 Å². The van der Waals surface area contributed by atoms with Crippen molar-refractivity contribution in [1.29, 1.82) is 0 Å². The van der Waals surface area contributed by atoms with Crippen LogP contribution in [0.3, 0.4) is 0 Å². The Hall–Kier alpha value is -3.43. The number of aliphatic hydroxyl groups is 1. The summed E-state index contributed by atoms with van der Waals surface area (Å²) < 4.78 is 12.1. The van der Waals surface area contributed by atoms with Gasteiger partial charge >= 0.3 is 0 Å². The SMILES string of the molecule is CC[C@H](C)[C@H](CO)N1C(=O)[C@@H]2[C@H](C(=O)NCc3ccccc3)[C@]3(CC)CCC2(O3)C1C(=O)Nc1ccc(OC)cc1. The van der Waals surface area contributed by atoms with Gasteiger partial charge in [0.2, 0.25) is 17.7 Å². The monoisotopic (exact) mass is 563 g/mol. The summed E-state index contributed by atoms with van der Waals surface area (Å²) in [6.07, 6.45) is 2.31. The van der Waals surface area contributed by atoms with Crippen LogP contribution in [0.15, 0.2) is 54.6 Å².